The first kappa shape index (κ1) is 27.1. The number of hydrogen-bond acceptors (Lipinski definition) is 4. The van der Waals surface area contributed by atoms with Crippen molar-refractivity contribution >= 4 is 11.5 Å². The molecule has 0 radical (unpaired) electrons. The number of rotatable bonds is 13. The van der Waals surface area contributed by atoms with E-state index in [9.17, 15) is 4.79 Å². The van der Waals surface area contributed by atoms with Crippen LogP contribution in [0.3, 0.4) is 0 Å². The van der Waals surface area contributed by atoms with E-state index < -0.39 is 0 Å². The summed E-state index contributed by atoms with van der Waals surface area (Å²) in [6.45, 7) is 8.50. The lowest BCUT2D eigenvalue weighted by molar-refractivity contribution is 0.0261. The van der Waals surface area contributed by atoms with Gasteiger partial charge in [0.05, 0.1) is 19.8 Å². The van der Waals surface area contributed by atoms with E-state index in [1.54, 1.807) is 26.4 Å². The van der Waals surface area contributed by atoms with Gasteiger partial charge in [-0.1, -0.05) is 43.8 Å². The highest BCUT2D eigenvalue weighted by Gasteiger charge is 2.17. The molecule has 0 heterocycles. The summed E-state index contributed by atoms with van der Waals surface area (Å²) in [7, 11) is 3.38. The summed E-state index contributed by atoms with van der Waals surface area (Å²) in [6, 6.07) is 21.7. The van der Waals surface area contributed by atoms with E-state index in [-0.39, 0.29) is 12.1 Å². The Bertz CT molecular complexity index is 1130. The molecule has 36 heavy (non-hydrogen) atoms. The first-order chi connectivity index (χ1) is 17.4. The molecule has 1 unspecified atom stereocenters. The number of ether oxygens (including phenoxy) is 3. The zero-order chi connectivity index (χ0) is 25.9. The second kappa shape index (κ2) is 13.5. The molecule has 3 rings (SSSR count). The number of hydrogen-bond donors (Lipinski definition) is 0. The van der Waals surface area contributed by atoms with Crippen LogP contribution in [-0.2, 0) is 17.6 Å². The Morgan fingerprint density at radius 1 is 0.861 bits per heavy atom. The molecular weight excluding hydrogens is 448 g/mol. The maximum absolute atomic E-state index is 12.8. The standard InChI is InChI=1S/C32H38O4/c1-6-25-19-26(21-31(20-25)35-5)11-10-14-29(36-32(33)27-12-8-7-9-13-27)16-15-24(3)28-17-23(2)18-30(22-28)34-4/h7-9,12-13,17-22,29H,3,6,10-11,14-16H2,1-2,4-5H3. The van der Waals surface area contributed by atoms with E-state index in [0.717, 1.165) is 60.3 Å². The molecule has 1 atom stereocenters. The van der Waals surface area contributed by atoms with E-state index in [4.69, 9.17) is 14.2 Å². The van der Waals surface area contributed by atoms with Gasteiger partial charge in [-0.25, -0.2) is 4.79 Å². The summed E-state index contributed by atoms with van der Waals surface area (Å²) in [5.41, 5.74) is 6.28. The van der Waals surface area contributed by atoms with Gasteiger partial charge in [0, 0.05) is 0 Å². The van der Waals surface area contributed by atoms with E-state index in [1.807, 2.05) is 37.3 Å². The van der Waals surface area contributed by atoms with Gasteiger partial charge in [0.25, 0.3) is 0 Å². The fraction of sp³-hybridized carbons (Fsp3) is 0.344. The molecule has 0 bridgehead atoms. The smallest absolute Gasteiger partial charge is 0.338 e. The van der Waals surface area contributed by atoms with Gasteiger partial charge in [-0.15, -0.1) is 0 Å². The molecular formula is C32H38O4. The molecule has 0 saturated carbocycles. The van der Waals surface area contributed by atoms with Crippen LogP contribution in [0, 0.1) is 6.92 Å². The van der Waals surface area contributed by atoms with Gasteiger partial charge < -0.3 is 14.2 Å². The zero-order valence-corrected chi connectivity index (χ0v) is 22.0. The maximum atomic E-state index is 12.8. The molecule has 4 nitrogen and oxygen atoms in total. The van der Waals surface area contributed by atoms with Crippen LogP contribution < -0.4 is 9.47 Å². The van der Waals surface area contributed by atoms with E-state index in [1.165, 1.54) is 11.1 Å². The molecule has 0 aliphatic rings. The average molecular weight is 487 g/mol. The van der Waals surface area contributed by atoms with Gasteiger partial charge in [0.2, 0.25) is 0 Å². The normalized spacial score (nSPS) is 11.6. The van der Waals surface area contributed by atoms with E-state index in [0.29, 0.717) is 12.0 Å². The zero-order valence-electron chi connectivity index (χ0n) is 22.0. The SMILES string of the molecule is C=C(CCC(CCCc1cc(CC)cc(OC)c1)OC(=O)c1ccccc1)c1cc(C)cc(OC)c1. The molecule has 3 aromatic carbocycles. The van der Waals surface area contributed by atoms with Crippen LogP contribution in [0.1, 0.15) is 65.2 Å². The van der Waals surface area contributed by atoms with Gasteiger partial charge in [0.1, 0.15) is 17.6 Å². The minimum atomic E-state index is -0.280. The lowest BCUT2D eigenvalue weighted by Crippen LogP contribution is -2.19. The summed E-state index contributed by atoms with van der Waals surface area (Å²) in [5, 5.41) is 0. The van der Waals surface area contributed by atoms with Crippen molar-refractivity contribution in [2.75, 3.05) is 14.2 Å². The van der Waals surface area contributed by atoms with Crippen LogP contribution in [0.25, 0.3) is 5.57 Å². The van der Waals surface area contributed by atoms with E-state index >= 15 is 0 Å². The Balaban J connectivity index is 1.67. The largest absolute Gasteiger partial charge is 0.497 e. The number of carbonyl (C=O) groups excluding carboxylic acids is 1. The van der Waals surface area contributed by atoms with Gasteiger partial charge in [-0.2, -0.15) is 0 Å². The molecule has 0 N–H and O–H groups in total. The third-order valence-electron chi connectivity index (χ3n) is 6.41. The van der Waals surface area contributed by atoms with Crippen molar-refractivity contribution in [3.8, 4) is 11.5 Å². The van der Waals surface area contributed by atoms with Crippen LogP contribution in [-0.4, -0.2) is 26.3 Å². The lowest BCUT2D eigenvalue weighted by Gasteiger charge is -2.19. The minimum Gasteiger partial charge on any atom is -0.497 e. The van der Waals surface area contributed by atoms with Gasteiger partial charge >= 0.3 is 5.97 Å². The third kappa shape index (κ3) is 8.01. The quantitative estimate of drug-likeness (QED) is 0.233. The summed E-state index contributed by atoms with van der Waals surface area (Å²) in [5.74, 6) is 1.43. The van der Waals surface area contributed by atoms with Crippen molar-refractivity contribution in [2.45, 2.75) is 58.5 Å². The first-order valence-corrected chi connectivity index (χ1v) is 12.7. The Labute approximate surface area is 215 Å². The number of allylic oxidation sites excluding steroid dienone is 1. The molecule has 0 saturated heterocycles. The lowest BCUT2D eigenvalue weighted by atomic mass is 9.96. The van der Waals surface area contributed by atoms with Crippen LogP contribution in [0.4, 0.5) is 0 Å². The predicted octanol–water partition coefficient (Wildman–Crippen LogP) is 7.62. The Morgan fingerprint density at radius 2 is 1.56 bits per heavy atom. The average Bonchev–Trinajstić information content (AvgIpc) is 2.91. The fourth-order valence-corrected chi connectivity index (χ4v) is 4.33. The number of esters is 1. The number of methoxy groups -OCH3 is 2. The van der Waals surface area contributed by atoms with Crippen molar-refractivity contribution in [2.24, 2.45) is 0 Å². The highest BCUT2D eigenvalue weighted by molar-refractivity contribution is 5.89. The monoisotopic (exact) mass is 486 g/mol. The van der Waals surface area contributed by atoms with Gasteiger partial charge in [0.15, 0.2) is 0 Å². The number of aryl methyl sites for hydroxylation is 3. The number of carbonyl (C=O) groups is 1. The van der Waals surface area contributed by atoms with Crippen molar-refractivity contribution in [3.05, 3.63) is 101 Å². The minimum absolute atomic E-state index is 0.197. The Morgan fingerprint density at radius 3 is 2.25 bits per heavy atom. The molecule has 0 spiro atoms. The second-order valence-electron chi connectivity index (χ2n) is 9.21. The van der Waals surface area contributed by atoms with Crippen LogP contribution in [0.5, 0.6) is 11.5 Å². The van der Waals surface area contributed by atoms with Crippen molar-refractivity contribution in [1.82, 2.24) is 0 Å². The Hall–Kier alpha value is -3.53. The maximum Gasteiger partial charge on any atom is 0.338 e. The highest BCUT2D eigenvalue weighted by Crippen LogP contribution is 2.27. The Kier molecular flexibility index (Phi) is 10.2. The number of benzene rings is 3. The topological polar surface area (TPSA) is 44.8 Å². The third-order valence-corrected chi connectivity index (χ3v) is 6.41. The van der Waals surface area contributed by atoms with Gasteiger partial charge in [-0.3, -0.25) is 0 Å². The predicted molar refractivity (Wildman–Crippen MR) is 147 cm³/mol. The second-order valence-corrected chi connectivity index (χ2v) is 9.21. The van der Waals surface area contributed by atoms with Crippen molar-refractivity contribution < 1.29 is 19.0 Å². The van der Waals surface area contributed by atoms with Gasteiger partial charge in [-0.05, 0) is 110 Å². The molecule has 4 heteroatoms. The molecule has 0 aliphatic carbocycles. The van der Waals surface area contributed by atoms with Crippen molar-refractivity contribution in [1.29, 1.82) is 0 Å². The molecule has 0 aromatic heterocycles. The van der Waals surface area contributed by atoms with Crippen LogP contribution in [0.2, 0.25) is 0 Å². The summed E-state index contributed by atoms with van der Waals surface area (Å²) >= 11 is 0. The fourth-order valence-electron chi connectivity index (χ4n) is 4.33. The molecule has 0 aliphatic heterocycles. The van der Waals surface area contributed by atoms with Crippen LogP contribution >= 0.6 is 0 Å². The molecule has 0 fully saturated rings. The van der Waals surface area contributed by atoms with Crippen LogP contribution in [0.15, 0.2) is 73.3 Å². The van der Waals surface area contributed by atoms with Crippen molar-refractivity contribution in [3.63, 3.8) is 0 Å². The molecule has 190 valence electrons. The summed E-state index contributed by atoms with van der Waals surface area (Å²) in [6.07, 6.45) is 4.81. The summed E-state index contributed by atoms with van der Waals surface area (Å²) < 4.78 is 16.9. The first-order valence-electron chi connectivity index (χ1n) is 12.7. The summed E-state index contributed by atoms with van der Waals surface area (Å²) in [4.78, 5) is 12.8. The molecule has 0 amide bonds. The highest BCUT2D eigenvalue weighted by atomic mass is 16.5. The van der Waals surface area contributed by atoms with E-state index in [2.05, 4.69) is 37.8 Å². The molecule has 3 aromatic rings.